The standard InChI is InChI=1S/C18H24N2/c1-14(2)19-13-15-5-7-16(8-6-15)17-9-11-18(12-10-17)20(3)4/h5-12,14,19H,13H2,1-4H3. The van der Waals surface area contributed by atoms with Gasteiger partial charge in [0.15, 0.2) is 0 Å². The van der Waals surface area contributed by atoms with Gasteiger partial charge < -0.3 is 10.2 Å². The van der Waals surface area contributed by atoms with Crippen LogP contribution in [0.5, 0.6) is 0 Å². The molecule has 2 aromatic carbocycles. The third kappa shape index (κ3) is 3.84. The Hall–Kier alpha value is -1.80. The van der Waals surface area contributed by atoms with Crippen LogP contribution in [0.15, 0.2) is 48.5 Å². The lowest BCUT2D eigenvalue weighted by molar-refractivity contribution is 0.589. The van der Waals surface area contributed by atoms with Crippen LogP contribution in [-0.2, 0) is 6.54 Å². The van der Waals surface area contributed by atoms with Gasteiger partial charge in [0, 0.05) is 32.4 Å². The summed E-state index contributed by atoms with van der Waals surface area (Å²) in [6.07, 6.45) is 0. The molecule has 0 spiro atoms. The van der Waals surface area contributed by atoms with Crippen LogP contribution in [0.25, 0.3) is 11.1 Å². The first kappa shape index (κ1) is 14.6. The maximum absolute atomic E-state index is 3.44. The van der Waals surface area contributed by atoms with Crippen molar-refractivity contribution >= 4 is 5.69 Å². The van der Waals surface area contributed by atoms with Crippen LogP contribution < -0.4 is 10.2 Å². The highest BCUT2D eigenvalue weighted by atomic mass is 15.1. The Bertz CT molecular complexity index is 524. The molecular weight excluding hydrogens is 244 g/mol. The van der Waals surface area contributed by atoms with E-state index in [0.717, 1.165) is 6.54 Å². The van der Waals surface area contributed by atoms with Crippen LogP contribution >= 0.6 is 0 Å². The van der Waals surface area contributed by atoms with E-state index in [4.69, 9.17) is 0 Å². The quantitative estimate of drug-likeness (QED) is 0.884. The van der Waals surface area contributed by atoms with Gasteiger partial charge in [-0.05, 0) is 28.8 Å². The zero-order valence-corrected chi connectivity index (χ0v) is 12.9. The van der Waals surface area contributed by atoms with E-state index in [1.807, 2.05) is 0 Å². The Morgan fingerprint density at radius 1 is 0.850 bits per heavy atom. The van der Waals surface area contributed by atoms with Gasteiger partial charge in [-0.2, -0.15) is 0 Å². The largest absolute Gasteiger partial charge is 0.378 e. The van der Waals surface area contributed by atoms with Gasteiger partial charge in [0.25, 0.3) is 0 Å². The molecule has 0 atom stereocenters. The zero-order valence-electron chi connectivity index (χ0n) is 12.9. The van der Waals surface area contributed by atoms with Crippen LogP contribution in [0.4, 0.5) is 5.69 Å². The van der Waals surface area contributed by atoms with Crippen LogP contribution in [-0.4, -0.2) is 20.1 Å². The lowest BCUT2D eigenvalue weighted by Gasteiger charge is -2.13. The molecule has 1 N–H and O–H groups in total. The van der Waals surface area contributed by atoms with E-state index < -0.39 is 0 Å². The van der Waals surface area contributed by atoms with Crippen molar-refractivity contribution in [1.82, 2.24) is 5.32 Å². The van der Waals surface area contributed by atoms with E-state index in [2.05, 4.69) is 86.7 Å². The maximum Gasteiger partial charge on any atom is 0.0361 e. The summed E-state index contributed by atoms with van der Waals surface area (Å²) in [5.74, 6) is 0. The monoisotopic (exact) mass is 268 g/mol. The minimum atomic E-state index is 0.522. The molecule has 2 rings (SSSR count). The van der Waals surface area contributed by atoms with Gasteiger partial charge in [0.2, 0.25) is 0 Å². The number of anilines is 1. The van der Waals surface area contributed by atoms with Crippen molar-refractivity contribution in [2.24, 2.45) is 0 Å². The molecule has 0 saturated heterocycles. The van der Waals surface area contributed by atoms with Crippen molar-refractivity contribution in [3.63, 3.8) is 0 Å². The summed E-state index contributed by atoms with van der Waals surface area (Å²) in [4.78, 5) is 2.12. The Balaban J connectivity index is 2.09. The second-order valence-electron chi connectivity index (χ2n) is 5.67. The molecule has 0 heterocycles. The summed E-state index contributed by atoms with van der Waals surface area (Å²) in [5, 5.41) is 3.44. The first-order chi connectivity index (χ1) is 9.56. The topological polar surface area (TPSA) is 15.3 Å². The fraction of sp³-hybridized carbons (Fsp3) is 0.333. The average molecular weight is 268 g/mol. The summed E-state index contributed by atoms with van der Waals surface area (Å²) in [6, 6.07) is 18.0. The van der Waals surface area contributed by atoms with Gasteiger partial charge >= 0.3 is 0 Å². The van der Waals surface area contributed by atoms with Gasteiger partial charge in [0.05, 0.1) is 0 Å². The molecule has 0 aliphatic rings. The second kappa shape index (κ2) is 6.58. The highest BCUT2D eigenvalue weighted by Crippen LogP contribution is 2.22. The van der Waals surface area contributed by atoms with Crippen molar-refractivity contribution in [2.75, 3.05) is 19.0 Å². The molecule has 20 heavy (non-hydrogen) atoms. The van der Waals surface area contributed by atoms with Crippen molar-refractivity contribution in [3.05, 3.63) is 54.1 Å². The number of hydrogen-bond acceptors (Lipinski definition) is 2. The molecule has 0 aliphatic heterocycles. The van der Waals surface area contributed by atoms with E-state index in [1.54, 1.807) is 0 Å². The molecule has 0 fully saturated rings. The summed E-state index contributed by atoms with van der Waals surface area (Å²) in [7, 11) is 4.12. The summed E-state index contributed by atoms with van der Waals surface area (Å²) in [5.41, 5.74) is 5.08. The molecule has 0 aliphatic carbocycles. The van der Waals surface area contributed by atoms with Crippen LogP contribution in [0.1, 0.15) is 19.4 Å². The third-order valence-corrected chi connectivity index (χ3v) is 3.39. The third-order valence-electron chi connectivity index (χ3n) is 3.39. The molecule has 0 bridgehead atoms. The lowest BCUT2D eigenvalue weighted by Crippen LogP contribution is -2.21. The molecule has 0 radical (unpaired) electrons. The molecule has 106 valence electrons. The van der Waals surface area contributed by atoms with Gasteiger partial charge in [0.1, 0.15) is 0 Å². The Morgan fingerprint density at radius 2 is 1.35 bits per heavy atom. The van der Waals surface area contributed by atoms with Gasteiger partial charge in [-0.3, -0.25) is 0 Å². The predicted octanol–water partition coefficient (Wildman–Crippen LogP) is 3.92. The van der Waals surface area contributed by atoms with Crippen molar-refractivity contribution in [2.45, 2.75) is 26.4 Å². The molecule has 2 heteroatoms. The van der Waals surface area contributed by atoms with Gasteiger partial charge in [-0.25, -0.2) is 0 Å². The van der Waals surface area contributed by atoms with Crippen molar-refractivity contribution in [1.29, 1.82) is 0 Å². The molecule has 0 amide bonds. The molecule has 0 saturated carbocycles. The Labute approximate surface area is 122 Å². The summed E-state index contributed by atoms with van der Waals surface area (Å²) < 4.78 is 0. The molecular formula is C18H24N2. The predicted molar refractivity (Wildman–Crippen MR) is 88.2 cm³/mol. The fourth-order valence-corrected chi connectivity index (χ4v) is 2.09. The van der Waals surface area contributed by atoms with Crippen LogP contribution in [0.3, 0.4) is 0 Å². The van der Waals surface area contributed by atoms with E-state index >= 15 is 0 Å². The minimum absolute atomic E-state index is 0.522. The number of rotatable bonds is 5. The zero-order chi connectivity index (χ0) is 14.5. The van der Waals surface area contributed by atoms with Crippen LogP contribution in [0.2, 0.25) is 0 Å². The second-order valence-corrected chi connectivity index (χ2v) is 5.67. The summed E-state index contributed by atoms with van der Waals surface area (Å²) >= 11 is 0. The lowest BCUT2D eigenvalue weighted by atomic mass is 10.0. The fourth-order valence-electron chi connectivity index (χ4n) is 2.09. The average Bonchev–Trinajstić information content (AvgIpc) is 2.46. The van der Waals surface area contributed by atoms with Gasteiger partial charge in [-0.1, -0.05) is 50.2 Å². The normalized spacial score (nSPS) is 10.8. The molecule has 0 unspecified atom stereocenters. The molecule has 0 aromatic heterocycles. The molecule has 2 nitrogen and oxygen atoms in total. The van der Waals surface area contributed by atoms with Crippen LogP contribution in [0, 0.1) is 0 Å². The molecule has 2 aromatic rings. The maximum atomic E-state index is 3.44. The highest BCUT2D eigenvalue weighted by molar-refractivity contribution is 5.66. The van der Waals surface area contributed by atoms with E-state index in [1.165, 1.54) is 22.4 Å². The number of benzene rings is 2. The van der Waals surface area contributed by atoms with Crippen molar-refractivity contribution < 1.29 is 0 Å². The number of nitrogens with one attached hydrogen (secondary N) is 1. The summed E-state index contributed by atoms with van der Waals surface area (Å²) in [6.45, 7) is 5.26. The van der Waals surface area contributed by atoms with E-state index in [9.17, 15) is 0 Å². The van der Waals surface area contributed by atoms with Gasteiger partial charge in [-0.15, -0.1) is 0 Å². The van der Waals surface area contributed by atoms with E-state index in [-0.39, 0.29) is 0 Å². The first-order valence-electron chi connectivity index (χ1n) is 7.16. The smallest absolute Gasteiger partial charge is 0.0361 e. The number of nitrogens with zero attached hydrogens (tertiary/aromatic N) is 1. The SMILES string of the molecule is CC(C)NCc1ccc(-c2ccc(N(C)C)cc2)cc1. The van der Waals surface area contributed by atoms with E-state index in [0.29, 0.717) is 6.04 Å². The minimum Gasteiger partial charge on any atom is -0.378 e. The Kier molecular flexibility index (Phi) is 4.80. The highest BCUT2D eigenvalue weighted by Gasteiger charge is 2.00. The Morgan fingerprint density at radius 3 is 1.80 bits per heavy atom. The first-order valence-corrected chi connectivity index (χ1v) is 7.16. The number of hydrogen-bond donors (Lipinski definition) is 1. The van der Waals surface area contributed by atoms with Crippen molar-refractivity contribution in [3.8, 4) is 11.1 Å².